The van der Waals surface area contributed by atoms with E-state index in [-0.39, 0.29) is 0 Å². The van der Waals surface area contributed by atoms with Gasteiger partial charge in [-0.2, -0.15) is 0 Å². The highest BCUT2D eigenvalue weighted by molar-refractivity contribution is 9.09. The Morgan fingerprint density at radius 3 is 2.38 bits per heavy atom. The quantitative estimate of drug-likeness (QED) is 0.459. The topological polar surface area (TPSA) is 0 Å². The van der Waals surface area contributed by atoms with Crippen LogP contribution in [0.1, 0.15) is 26.7 Å². The van der Waals surface area contributed by atoms with Crippen molar-refractivity contribution in [2.45, 2.75) is 31.5 Å². The van der Waals surface area contributed by atoms with Gasteiger partial charge in [0.25, 0.3) is 0 Å². The summed E-state index contributed by atoms with van der Waals surface area (Å²) in [6, 6.07) is 0. The standard InChI is InChI=1S/C7H13Br/c1-4-7(8)5-6(2)3/h7H,2,4-5H2,1,3H3. The number of alkyl halides is 1. The molecular formula is C7H13Br. The first-order chi connectivity index (χ1) is 3.66. The summed E-state index contributed by atoms with van der Waals surface area (Å²) < 4.78 is 0. The molecule has 0 aliphatic carbocycles. The zero-order valence-corrected chi connectivity index (χ0v) is 7.16. The first-order valence-corrected chi connectivity index (χ1v) is 3.86. The molecule has 0 rings (SSSR count). The number of rotatable bonds is 3. The van der Waals surface area contributed by atoms with Gasteiger partial charge in [0.2, 0.25) is 0 Å². The van der Waals surface area contributed by atoms with Gasteiger partial charge in [0.15, 0.2) is 0 Å². The molecule has 0 aliphatic heterocycles. The molecule has 1 heteroatoms. The Hall–Kier alpha value is 0.220. The summed E-state index contributed by atoms with van der Waals surface area (Å²) in [4.78, 5) is 0.639. The third kappa shape index (κ3) is 4.38. The summed E-state index contributed by atoms with van der Waals surface area (Å²) in [6.45, 7) is 8.04. The third-order valence-corrected chi connectivity index (χ3v) is 1.98. The minimum absolute atomic E-state index is 0.639. The maximum Gasteiger partial charge on any atom is 0.0180 e. The lowest BCUT2D eigenvalue weighted by molar-refractivity contribution is 0.823. The minimum atomic E-state index is 0.639. The molecule has 1 unspecified atom stereocenters. The molecule has 0 heterocycles. The van der Waals surface area contributed by atoms with Crippen LogP contribution in [0.3, 0.4) is 0 Å². The summed E-state index contributed by atoms with van der Waals surface area (Å²) in [5, 5.41) is 0. The van der Waals surface area contributed by atoms with E-state index in [1.165, 1.54) is 12.0 Å². The molecule has 0 radical (unpaired) electrons. The van der Waals surface area contributed by atoms with E-state index in [9.17, 15) is 0 Å². The van der Waals surface area contributed by atoms with E-state index in [1.54, 1.807) is 0 Å². The van der Waals surface area contributed by atoms with Crippen molar-refractivity contribution in [2.75, 3.05) is 0 Å². The van der Waals surface area contributed by atoms with Crippen LogP contribution in [0.25, 0.3) is 0 Å². The Kier molecular flexibility index (Phi) is 4.25. The maximum absolute atomic E-state index is 3.81. The second-order valence-electron chi connectivity index (χ2n) is 2.17. The SMILES string of the molecule is C=C(C)CC(Br)CC. The third-order valence-electron chi connectivity index (χ3n) is 1.01. The van der Waals surface area contributed by atoms with E-state index >= 15 is 0 Å². The number of allylic oxidation sites excluding steroid dienone is 1. The molecule has 0 fully saturated rings. The van der Waals surface area contributed by atoms with Crippen LogP contribution < -0.4 is 0 Å². The summed E-state index contributed by atoms with van der Waals surface area (Å²) in [5.41, 5.74) is 1.26. The summed E-state index contributed by atoms with van der Waals surface area (Å²) in [7, 11) is 0. The molecule has 0 aliphatic rings. The van der Waals surface area contributed by atoms with E-state index < -0.39 is 0 Å². The highest BCUT2D eigenvalue weighted by Crippen LogP contribution is 2.13. The van der Waals surface area contributed by atoms with Crippen molar-refractivity contribution < 1.29 is 0 Å². The lowest BCUT2D eigenvalue weighted by Crippen LogP contribution is -1.93. The van der Waals surface area contributed by atoms with Gasteiger partial charge >= 0.3 is 0 Å². The van der Waals surface area contributed by atoms with Crippen molar-refractivity contribution in [1.82, 2.24) is 0 Å². The number of halogens is 1. The van der Waals surface area contributed by atoms with Crippen LogP contribution in [0.2, 0.25) is 0 Å². The van der Waals surface area contributed by atoms with Gasteiger partial charge in [-0.3, -0.25) is 0 Å². The lowest BCUT2D eigenvalue weighted by Gasteiger charge is -2.03. The summed E-state index contributed by atoms with van der Waals surface area (Å²) >= 11 is 3.52. The van der Waals surface area contributed by atoms with Crippen molar-refractivity contribution in [3.05, 3.63) is 12.2 Å². The van der Waals surface area contributed by atoms with E-state index in [1.807, 2.05) is 0 Å². The molecule has 0 amide bonds. The van der Waals surface area contributed by atoms with Crippen molar-refractivity contribution in [3.63, 3.8) is 0 Å². The van der Waals surface area contributed by atoms with Crippen LogP contribution in [-0.2, 0) is 0 Å². The molecule has 0 N–H and O–H groups in total. The average molecular weight is 177 g/mol. The Balaban J connectivity index is 3.24. The first-order valence-electron chi connectivity index (χ1n) is 2.95. The molecule has 1 atom stereocenters. The Labute approximate surface area is 60.1 Å². The minimum Gasteiger partial charge on any atom is -0.100 e. The molecule has 48 valence electrons. The fourth-order valence-electron chi connectivity index (χ4n) is 0.522. The molecular weight excluding hydrogens is 164 g/mol. The van der Waals surface area contributed by atoms with Crippen LogP contribution in [-0.4, -0.2) is 4.83 Å². The smallest absolute Gasteiger partial charge is 0.0180 e. The van der Waals surface area contributed by atoms with Crippen molar-refractivity contribution >= 4 is 15.9 Å². The maximum atomic E-state index is 3.81. The van der Waals surface area contributed by atoms with Gasteiger partial charge in [-0.1, -0.05) is 28.4 Å². The van der Waals surface area contributed by atoms with Crippen molar-refractivity contribution in [3.8, 4) is 0 Å². The second kappa shape index (κ2) is 4.13. The largest absolute Gasteiger partial charge is 0.100 e. The lowest BCUT2D eigenvalue weighted by atomic mass is 10.2. The van der Waals surface area contributed by atoms with Crippen LogP contribution in [0.5, 0.6) is 0 Å². The van der Waals surface area contributed by atoms with Crippen molar-refractivity contribution in [1.29, 1.82) is 0 Å². The van der Waals surface area contributed by atoms with Gasteiger partial charge in [-0.05, 0) is 19.8 Å². The van der Waals surface area contributed by atoms with Gasteiger partial charge in [0.05, 0.1) is 0 Å². The Morgan fingerprint density at radius 2 is 2.25 bits per heavy atom. The fourth-order valence-corrected chi connectivity index (χ4v) is 1.08. The molecule has 0 spiro atoms. The molecule has 0 bridgehead atoms. The van der Waals surface area contributed by atoms with Gasteiger partial charge in [-0.25, -0.2) is 0 Å². The van der Waals surface area contributed by atoms with Crippen molar-refractivity contribution in [2.24, 2.45) is 0 Å². The number of hydrogen-bond acceptors (Lipinski definition) is 0. The van der Waals surface area contributed by atoms with E-state index in [2.05, 4.69) is 36.4 Å². The van der Waals surface area contributed by atoms with Gasteiger partial charge in [0, 0.05) is 4.83 Å². The molecule has 0 aromatic carbocycles. The monoisotopic (exact) mass is 176 g/mol. The molecule has 8 heavy (non-hydrogen) atoms. The van der Waals surface area contributed by atoms with E-state index in [0.717, 1.165) is 6.42 Å². The Morgan fingerprint density at radius 1 is 1.75 bits per heavy atom. The van der Waals surface area contributed by atoms with Gasteiger partial charge < -0.3 is 0 Å². The highest BCUT2D eigenvalue weighted by atomic mass is 79.9. The molecule has 0 saturated heterocycles. The number of hydrogen-bond donors (Lipinski definition) is 0. The van der Waals surface area contributed by atoms with E-state index in [4.69, 9.17) is 0 Å². The fraction of sp³-hybridized carbons (Fsp3) is 0.714. The van der Waals surface area contributed by atoms with Crippen LogP contribution >= 0.6 is 15.9 Å². The van der Waals surface area contributed by atoms with Crippen LogP contribution in [0, 0.1) is 0 Å². The molecule has 0 saturated carbocycles. The predicted octanol–water partition coefficient (Wildman–Crippen LogP) is 3.13. The molecule has 0 aromatic rings. The van der Waals surface area contributed by atoms with Gasteiger partial charge in [0.1, 0.15) is 0 Å². The summed E-state index contributed by atoms with van der Waals surface area (Å²) in [5.74, 6) is 0. The Bertz CT molecular complexity index is 76.5. The van der Waals surface area contributed by atoms with Crippen LogP contribution in [0.15, 0.2) is 12.2 Å². The second-order valence-corrected chi connectivity index (χ2v) is 3.46. The first kappa shape index (κ1) is 8.22. The molecule has 0 nitrogen and oxygen atoms in total. The normalized spacial score (nSPS) is 13.4. The van der Waals surface area contributed by atoms with Crippen LogP contribution in [0.4, 0.5) is 0 Å². The highest BCUT2D eigenvalue weighted by Gasteiger charge is 1.98. The summed E-state index contributed by atoms with van der Waals surface area (Å²) in [6.07, 6.45) is 2.30. The predicted molar refractivity (Wildman–Crippen MR) is 42.4 cm³/mol. The van der Waals surface area contributed by atoms with Gasteiger partial charge in [-0.15, -0.1) is 6.58 Å². The molecule has 0 aromatic heterocycles. The van der Waals surface area contributed by atoms with E-state index in [0.29, 0.717) is 4.83 Å². The zero-order valence-electron chi connectivity index (χ0n) is 5.58. The zero-order chi connectivity index (χ0) is 6.57. The average Bonchev–Trinajstić information content (AvgIpc) is 1.65.